The van der Waals surface area contributed by atoms with Crippen LogP contribution in [0.25, 0.3) is 11.5 Å². The van der Waals surface area contributed by atoms with E-state index in [0.717, 1.165) is 5.56 Å². The van der Waals surface area contributed by atoms with Crippen LogP contribution in [0.5, 0.6) is 5.75 Å². The van der Waals surface area contributed by atoms with E-state index < -0.39 is 0 Å². The maximum Gasteiger partial charge on any atom is 0.311 e. The monoisotopic (exact) mass is 396 g/mol. The molecular weight excluding hydrogens is 375 g/mol. The lowest BCUT2D eigenvalue weighted by atomic mass is 10.1. The topological polar surface area (TPSA) is 71.7 Å². The molecular formula is C21H21FN4O3. The molecule has 8 heteroatoms. The minimum absolute atomic E-state index is 0.0543. The maximum atomic E-state index is 14.2. The fourth-order valence-electron chi connectivity index (χ4n) is 3.08. The summed E-state index contributed by atoms with van der Waals surface area (Å²) in [6.07, 6.45) is -0.199. The van der Waals surface area contributed by atoms with Gasteiger partial charge in [0.1, 0.15) is 17.7 Å². The van der Waals surface area contributed by atoms with Crippen molar-refractivity contribution in [1.29, 1.82) is 0 Å². The Bertz CT molecular complexity index is 1000. The third kappa shape index (κ3) is 4.27. The minimum Gasteiger partial charge on any atom is -0.487 e. The van der Waals surface area contributed by atoms with Gasteiger partial charge in [0.2, 0.25) is 5.89 Å². The number of ether oxygens (including phenoxy) is 1. The molecule has 1 aliphatic heterocycles. The van der Waals surface area contributed by atoms with Crippen LogP contribution in [0.15, 0.2) is 52.9 Å². The van der Waals surface area contributed by atoms with E-state index in [1.54, 1.807) is 17.0 Å². The number of hydrogen-bond donors (Lipinski definition) is 0. The molecule has 0 bridgehead atoms. The van der Waals surface area contributed by atoms with Crippen LogP contribution in [-0.4, -0.2) is 59.2 Å². The van der Waals surface area contributed by atoms with Crippen molar-refractivity contribution in [3.05, 3.63) is 65.8 Å². The summed E-state index contributed by atoms with van der Waals surface area (Å²) in [6.45, 7) is 1.28. The van der Waals surface area contributed by atoms with Crippen molar-refractivity contribution in [2.24, 2.45) is 0 Å². The van der Waals surface area contributed by atoms with Crippen LogP contribution in [0.4, 0.5) is 4.39 Å². The fraction of sp³-hybridized carbons (Fsp3) is 0.286. The third-order valence-corrected chi connectivity index (χ3v) is 4.58. The van der Waals surface area contributed by atoms with E-state index in [1.165, 1.54) is 6.07 Å². The number of amides is 1. The Morgan fingerprint density at radius 1 is 1.21 bits per heavy atom. The van der Waals surface area contributed by atoms with E-state index in [4.69, 9.17) is 9.15 Å². The average Bonchev–Trinajstić information content (AvgIpc) is 3.16. The number of carbonyl (C=O) groups is 1. The molecule has 1 amide bonds. The summed E-state index contributed by atoms with van der Waals surface area (Å²) >= 11 is 0. The molecule has 150 valence electrons. The SMILES string of the molecule is CN(C)Cc1ccc(OC2CN(C(=O)c3nnc(-c4ccccc4)o3)C2)cc1F. The summed E-state index contributed by atoms with van der Waals surface area (Å²) < 4.78 is 25.4. The zero-order chi connectivity index (χ0) is 20.4. The molecule has 1 aromatic heterocycles. The van der Waals surface area contributed by atoms with Crippen LogP contribution in [0.1, 0.15) is 16.2 Å². The molecule has 2 heterocycles. The molecule has 4 rings (SSSR count). The second-order valence-corrected chi connectivity index (χ2v) is 7.22. The van der Waals surface area contributed by atoms with Crippen molar-refractivity contribution in [3.63, 3.8) is 0 Å². The van der Waals surface area contributed by atoms with Gasteiger partial charge in [-0.2, -0.15) is 0 Å². The molecule has 7 nitrogen and oxygen atoms in total. The molecule has 3 aromatic rings. The summed E-state index contributed by atoms with van der Waals surface area (Å²) in [5.74, 6) is 0.0537. The molecule has 0 N–H and O–H groups in total. The van der Waals surface area contributed by atoms with Crippen molar-refractivity contribution >= 4 is 5.91 Å². The smallest absolute Gasteiger partial charge is 0.311 e. The van der Waals surface area contributed by atoms with Crippen molar-refractivity contribution < 1.29 is 18.3 Å². The number of hydrogen-bond acceptors (Lipinski definition) is 6. The summed E-state index contributed by atoms with van der Waals surface area (Å²) in [4.78, 5) is 15.9. The van der Waals surface area contributed by atoms with Gasteiger partial charge in [0.25, 0.3) is 0 Å². The molecule has 1 saturated heterocycles. The molecule has 29 heavy (non-hydrogen) atoms. The van der Waals surface area contributed by atoms with Crippen LogP contribution < -0.4 is 4.74 Å². The number of carbonyl (C=O) groups excluding carboxylic acids is 1. The Hall–Kier alpha value is -3.26. The van der Waals surface area contributed by atoms with E-state index >= 15 is 0 Å². The van der Waals surface area contributed by atoms with Gasteiger partial charge in [-0.3, -0.25) is 4.79 Å². The second kappa shape index (κ2) is 8.00. The van der Waals surface area contributed by atoms with E-state index in [1.807, 2.05) is 49.3 Å². The van der Waals surface area contributed by atoms with Gasteiger partial charge in [-0.1, -0.05) is 24.3 Å². The van der Waals surface area contributed by atoms with Gasteiger partial charge in [-0.15, -0.1) is 10.2 Å². The summed E-state index contributed by atoms with van der Waals surface area (Å²) in [7, 11) is 3.77. The summed E-state index contributed by atoms with van der Waals surface area (Å²) in [5.41, 5.74) is 1.36. The first-order chi connectivity index (χ1) is 14.0. The Morgan fingerprint density at radius 2 is 1.97 bits per heavy atom. The maximum absolute atomic E-state index is 14.2. The lowest BCUT2D eigenvalue weighted by Crippen LogP contribution is -2.56. The predicted octanol–water partition coefficient (Wildman–Crippen LogP) is 2.84. The highest BCUT2D eigenvalue weighted by Crippen LogP contribution is 2.23. The van der Waals surface area contributed by atoms with E-state index in [0.29, 0.717) is 36.8 Å². The van der Waals surface area contributed by atoms with Gasteiger partial charge < -0.3 is 19.0 Å². The highest BCUT2D eigenvalue weighted by molar-refractivity contribution is 5.90. The van der Waals surface area contributed by atoms with Crippen LogP contribution in [0, 0.1) is 5.82 Å². The highest BCUT2D eigenvalue weighted by atomic mass is 19.1. The normalized spacial score (nSPS) is 14.1. The van der Waals surface area contributed by atoms with Crippen LogP contribution >= 0.6 is 0 Å². The first-order valence-corrected chi connectivity index (χ1v) is 9.27. The molecule has 0 spiro atoms. The quantitative estimate of drug-likeness (QED) is 0.638. The molecule has 0 aliphatic carbocycles. The van der Waals surface area contributed by atoms with E-state index in [2.05, 4.69) is 10.2 Å². The lowest BCUT2D eigenvalue weighted by Gasteiger charge is -2.38. The Morgan fingerprint density at radius 3 is 2.66 bits per heavy atom. The zero-order valence-electron chi connectivity index (χ0n) is 16.2. The van der Waals surface area contributed by atoms with Crippen molar-refractivity contribution in [1.82, 2.24) is 20.0 Å². The molecule has 0 radical (unpaired) electrons. The van der Waals surface area contributed by atoms with E-state index in [9.17, 15) is 9.18 Å². The average molecular weight is 396 g/mol. The molecule has 1 fully saturated rings. The second-order valence-electron chi connectivity index (χ2n) is 7.22. The highest BCUT2D eigenvalue weighted by Gasteiger charge is 2.35. The van der Waals surface area contributed by atoms with Gasteiger partial charge in [-0.25, -0.2) is 4.39 Å². The van der Waals surface area contributed by atoms with Crippen LogP contribution in [0.2, 0.25) is 0 Å². The number of rotatable bonds is 6. The van der Waals surface area contributed by atoms with Gasteiger partial charge in [0.05, 0.1) is 13.1 Å². The first-order valence-electron chi connectivity index (χ1n) is 9.27. The zero-order valence-corrected chi connectivity index (χ0v) is 16.2. The number of halogens is 1. The van der Waals surface area contributed by atoms with Gasteiger partial charge in [0.15, 0.2) is 0 Å². The summed E-state index contributed by atoms with van der Waals surface area (Å²) in [5, 5.41) is 7.78. The van der Waals surface area contributed by atoms with Crippen LogP contribution in [0.3, 0.4) is 0 Å². The molecule has 0 unspecified atom stereocenters. The lowest BCUT2D eigenvalue weighted by molar-refractivity contribution is 0.0148. The van der Waals surface area contributed by atoms with Gasteiger partial charge in [-0.05, 0) is 32.3 Å². The van der Waals surface area contributed by atoms with Crippen molar-refractivity contribution in [2.75, 3.05) is 27.2 Å². The molecule has 0 saturated carbocycles. The third-order valence-electron chi connectivity index (χ3n) is 4.58. The van der Waals surface area contributed by atoms with Gasteiger partial charge in [0, 0.05) is 23.7 Å². The molecule has 0 atom stereocenters. The predicted molar refractivity (Wildman–Crippen MR) is 104 cm³/mol. The Balaban J connectivity index is 1.33. The number of likely N-dealkylation sites (tertiary alicyclic amines) is 1. The summed E-state index contributed by atoms with van der Waals surface area (Å²) in [6, 6.07) is 14.1. The van der Waals surface area contributed by atoms with Crippen LogP contribution in [-0.2, 0) is 6.54 Å². The van der Waals surface area contributed by atoms with E-state index in [-0.39, 0.29) is 23.7 Å². The molecule has 2 aromatic carbocycles. The largest absolute Gasteiger partial charge is 0.487 e. The number of nitrogens with zero attached hydrogens (tertiary/aromatic N) is 4. The minimum atomic E-state index is -0.341. The first kappa shape index (κ1) is 19.1. The Labute approximate surface area is 167 Å². The van der Waals surface area contributed by atoms with Crippen molar-refractivity contribution in [3.8, 4) is 17.2 Å². The number of benzene rings is 2. The van der Waals surface area contributed by atoms with Gasteiger partial charge >= 0.3 is 11.8 Å². The molecule has 1 aliphatic rings. The standard InChI is InChI=1S/C21H21FN4O3/c1-25(2)11-15-8-9-16(10-18(15)22)28-17-12-26(13-17)21(27)20-24-23-19(29-20)14-6-4-3-5-7-14/h3-10,17H,11-13H2,1-2H3. The van der Waals surface area contributed by atoms with Crippen molar-refractivity contribution in [2.45, 2.75) is 12.6 Å². The fourth-order valence-corrected chi connectivity index (χ4v) is 3.08. The Kier molecular flexibility index (Phi) is 5.26. The number of aromatic nitrogens is 2.